The Bertz CT molecular complexity index is 1290. The average molecular weight is 447 g/mol. The summed E-state index contributed by atoms with van der Waals surface area (Å²) in [6.07, 6.45) is 0.843. The van der Waals surface area contributed by atoms with Crippen LogP contribution in [0.4, 0.5) is 5.13 Å². The third kappa shape index (κ3) is 4.92. The highest BCUT2D eigenvalue weighted by molar-refractivity contribution is 7.19. The minimum atomic E-state index is -0.158. The predicted molar refractivity (Wildman–Crippen MR) is 137 cm³/mol. The smallest absolute Gasteiger partial charge is 0.257 e. The molecule has 0 saturated heterocycles. The number of rotatable bonds is 6. The molecule has 0 unspecified atom stereocenters. The molecular formula is C29H22N2OS. The molecule has 5 aromatic rings. The number of thiazole rings is 1. The summed E-state index contributed by atoms with van der Waals surface area (Å²) in [5.74, 6) is -0.158. The van der Waals surface area contributed by atoms with E-state index >= 15 is 0 Å². The fourth-order valence-electron chi connectivity index (χ4n) is 3.73. The Labute approximate surface area is 197 Å². The van der Waals surface area contributed by atoms with E-state index in [2.05, 4.69) is 29.6 Å². The van der Waals surface area contributed by atoms with Crippen molar-refractivity contribution in [2.45, 2.75) is 6.42 Å². The third-order valence-corrected chi connectivity index (χ3v) is 6.42. The van der Waals surface area contributed by atoms with Crippen LogP contribution >= 0.6 is 11.3 Å². The van der Waals surface area contributed by atoms with Crippen molar-refractivity contribution in [3.63, 3.8) is 0 Å². The van der Waals surface area contributed by atoms with E-state index in [0.717, 1.165) is 28.1 Å². The van der Waals surface area contributed by atoms with Gasteiger partial charge >= 0.3 is 0 Å². The van der Waals surface area contributed by atoms with E-state index in [4.69, 9.17) is 4.98 Å². The van der Waals surface area contributed by atoms with Gasteiger partial charge in [-0.2, -0.15) is 0 Å². The first-order valence-electron chi connectivity index (χ1n) is 10.8. The molecule has 0 aliphatic carbocycles. The Kier molecular flexibility index (Phi) is 6.09. The van der Waals surface area contributed by atoms with Gasteiger partial charge in [0.25, 0.3) is 5.91 Å². The van der Waals surface area contributed by atoms with E-state index in [1.165, 1.54) is 22.5 Å². The van der Waals surface area contributed by atoms with Crippen LogP contribution in [0, 0.1) is 0 Å². The molecule has 0 atom stereocenters. The highest BCUT2D eigenvalue weighted by Crippen LogP contribution is 2.39. The molecule has 0 aliphatic rings. The largest absolute Gasteiger partial charge is 0.298 e. The van der Waals surface area contributed by atoms with Crippen molar-refractivity contribution in [2.24, 2.45) is 0 Å². The molecule has 0 spiro atoms. The third-order valence-electron chi connectivity index (χ3n) is 5.40. The van der Waals surface area contributed by atoms with Crippen LogP contribution in [0.5, 0.6) is 0 Å². The van der Waals surface area contributed by atoms with E-state index in [0.29, 0.717) is 10.7 Å². The summed E-state index contributed by atoms with van der Waals surface area (Å²) in [6.45, 7) is 0. The van der Waals surface area contributed by atoms with E-state index in [1.54, 1.807) is 0 Å². The topological polar surface area (TPSA) is 42.0 Å². The molecule has 0 saturated carbocycles. The number of anilines is 1. The standard InChI is InChI=1S/C29H22N2OS/c32-28(25-18-16-22(17-19-25)20-21-10-4-1-5-11-21)31-29-30-26(23-12-6-2-7-13-23)27(33-29)24-14-8-3-9-15-24/h1-19H,20H2,(H,30,31,32). The lowest BCUT2D eigenvalue weighted by Gasteiger charge is -2.05. The molecule has 4 heteroatoms. The first kappa shape index (κ1) is 20.9. The summed E-state index contributed by atoms with van der Waals surface area (Å²) < 4.78 is 0. The Morgan fingerprint density at radius 3 is 1.85 bits per heavy atom. The monoisotopic (exact) mass is 446 g/mol. The lowest BCUT2D eigenvalue weighted by atomic mass is 10.0. The summed E-state index contributed by atoms with van der Waals surface area (Å²) in [5.41, 5.74) is 6.02. The van der Waals surface area contributed by atoms with Crippen LogP contribution in [0.2, 0.25) is 0 Å². The lowest BCUT2D eigenvalue weighted by Crippen LogP contribution is -2.11. The number of aromatic nitrogens is 1. The molecule has 1 aromatic heterocycles. The minimum Gasteiger partial charge on any atom is -0.298 e. The number of amides is 1. The molecule has 1 N–H and O–H groups in total. The van der Waals surface area contributed by atoms with Gasteiger partial charge in [-0.15, -0.1) is 0 Å². The van der Waals surface area contributed by atoms with Gasteiger partial charge in [-0.3, -0.25) is 10.1 Å². The van der Waals surface area contributed by atoms with Crippen molar-refractivity contribution in [1.82, 2.24) is 4.98 Å². The highest BCUT2D eigenvalue weighted by Gasteiger charge is 2.17. The summed E-state index contributed by atoms with van der Waals surface area (Å²) >= 11 is 1.49. The second kappa shape index (κ2) is 9.63. The van der Waals surface area contributed by atoms with E-state index < -0.39 is 0 Å². The SMILES string of the molecule is O=C(Nc1nc(-c2ccccc2)c(-c2ccccc2)s1)c1ccc(Cc2ccccc2)cc1. The van der Waals surface area contributed by atoms with Gasteiger partial charge in [0.2, 0.25) is 0 Å². The molecule has 0 bridgehead atoms. The van der Waals surface area contributed by atoms with Crippen LogP contribution in [-0.4, -0.2) is 10.9 Å². The van der Waals surface area contributed by atoms with Crippen LogP contribution in [0.25, 0.3) is 21.7 Å². The molecular weight excluding hydrogens is 424 g/mol. The fraction of sp³-hybridized carbons (Fsp3) is 0.0345. The molecule has 0 radical (unpaired) electrons. The Hall–Kier alpha value is -4.02. The number of carbonyl (C=O) groups is 1. The molecule has 0 fully saturated rings. The van der Waals surface area contributed by atoms with E-state index in [1.807, 2.05) is 91.0 Å². The van der Waals surface area contributed by atoms with Crippen molar-refractivity contribution in [2.75, 3.05) is 5.32 Å². The number of carbonyl (C=O) groups excluding carboxylic acids is 1. The van der Waals surface area contributed by atoms with E-state index in [-0.39, 0.29) is 5.91 Å². The number of hydrogen-bond donors (Lipinski definition) is 1. The Balaban J connectivity index is 1.38. The zero-order valence-corrected chi connectivity index (χ0v) is 18.8. The maximum absolute atomic E-state index is 12.9. The normalized spacial score (nSPS) is 10.7. The molecule has 33 heavy (non-hydrogen) atoms. The quantitative estimate of drug-likeness (QED) is 0.297. The van der Waals surface area contributed by atoms with Crippen LogP contribution in [0.3, 0.4) is 0 Å². The van der Waals surface area contributed by atoms with Crippen molar-refractivity contribution in [3.8, 4) is 21.7 Å². The van der Waals surface area contributed by atoms with Crippen molar-refractivity contribution >= 4 is 22.4 Å². The molecule has 4 aromatic carbocycles. The second-order valence-electron chi connectivity index (χ2n) is 7.74. The summed E-state index contributed by atoms with van der Waals surface area (Å²) in [5, 5.41) is 3.59. The molecule has 1 heterocycles. The zero-order chi connectivity index (χ0) is 22.5. The minimum absolute atomic E-state index is 0.158. The molecule has 160 valence electrons. The maximum Gasteiger partial charge on any atom is 0.257 e. The van der Waals surface area contributed by atoms with Crippen molar-refractivity contribution in [3.05, 3.63) is 132 Å². The molecule has 3 nitrogen and oxygen atoms in total. The van der Waals surface area contributed by atoms with Crippen LogP contribution in [0.15, 0.2) is 115 Å². The van der Waals surface area contributed by atoms with Gasteiger partial charge in [0.15, 0.2) is 5.13 Å². The Morgan fingerprint density at radius 2 is 1.21 bits per heavy atom. The first-order chi connectivity index (χ1) is 16.3. The summed E-state index contributed by atoms with van der Waals surface area (Å²) in [6, 6.07) is 38.3. The maximum atomic E-state index is 12.9. The van der Waals surface area contributed by atoms with Crippen LogP contribution in [0.1, 0.15) is 21.5 Å². The predicted octanol–water partition coefficient (Wildman–Crippen LogP) is 7.32. The highest BCUT2D eigenvalue weighted by atomic mass is 32.1. The second-order valence-corrected chi connectivity index (χ2v) is 8.74. The van der Waals surface area contributed by atoms with E-state index in [9.17, 15) is 4.79 Å². The van der Waals surface area contributed by atoms with Gasteiger partial charge in [-0.25, -0.2) is 4.98 Å². The molecule has 1 amide bonds. The van der Waals surface area contributed by atoms with Crippen LogP contribution in [-0.2, 0) is 6.42 Å². The molecule has 5 rings (SSSR count). The van der Waals surface area contributed by atoms with Gasteiger partial charge in [0.05, 0.1) is 10.6 Å². The van der Waals surface area contributed by atoms with Crippen LogP contribution < -0.4 is 5.32 Å². The number of nitrogens with zero attached hydrogens (tertiary/aromatic N) is 1. The van der Waals surface area contributed by atoms with Crippen molar-refractivity contribution in [1.29, 1.82) is 0 Å². The number of nitrogens with one attached hydrogen (secondary N) is 1. The average Bonchev–Trinajstić information content (AvgIpc) is 3.30. The van der Waals surface area contributed by atoms with Gasteiger partial charge in [0, 0.05) is 11.1 Å². The van der Waals surface area contributed by atoms with Crippen molar-refractivity contribution < 1.29 is 4.79 Å². The Morgan fingerprint density at radius 1 is 0.667 bits per heavy atom. The van der Waals surface area contributed by atoms with Gasteiger partial charge in [-0.1, -0.05) is 114 Å². The first-order valence-corrected chi connectivity index (χ1v) is 11.6. The van der Waals surface area contributed by atoms with Gasteiger partial charge < -0.3 is 0 Å². The lowest BCUT2D eigenvalue weighted by molar-refractivity contribution is 0.102. The molecule has 0 aliphatic heterocycles. The van der Waals surface area contributed by atoms with Gasteiger partial charge in [0.1, 0.15) is 0 Å². The number of benzene rings is 4. The summed E-state index contributed by atoms with van der Waals surface area (Å²) in [4.78, 5) is 18.8. The van der Waals surface area contributed by atoms with Gasteiger partial charge in [-0.05, 0) is 35.2 Å². The number of hydrogen-bond acceptors (Lipinski definition) is 3. The fourth-order valence-corrected chi connectivity index (χ4v) is 4.71. The summed E-state index contributed by atoms with van der Waals surface area (Å²) in [7, 11) is 0. The zero-order valence-electron chi connectivity index (χ0n) is 17.9.